The molecule has 1 saturated heterocycles. The topological polar surface area (TPSA) is 78.9 Å². The lowest BCUT2D eigenvalue weighted by Gasteiger charge is -2.41. The Morgan fingerprint density at radius 2 is 2.10 bits per heavy atom. The first-order valence-electron chi connectivity index (χ1n) is 7.04. The minimum Gasteiger partial charge on any atom is -0.486 e. The maximum atomic E-state index is 12.4. The van der Waals surface area contributed by atoms with Crippen molar-refractivity contribution in [2.45, 2.75) is 24.9 Å². The van der Waals surface area contributed by atoms with Gasteiger partial charge in [0.25, 0.3) is 0 Å². The van der Waals surface area contributed by atoms with Crippen molar-refractivity contribution < 1.29 is 19.4 Å². The summed E-state index contributed by atoms with van der Waals surface area (Å²) in [4.78, 5) is 24.5. The van der Waals surface area contributed by atoms with Gasteiger partial charge in [-0.2, -0.15) is 0 Å². The average Bonchev–Trinajstić information content (AvgIpc) is 2.47. The number of anilines is 1. The van der Waals surface area contributed by atoms with Crippen molar-refractivity contribution in [1.29, 1.82) is 0 Å². The van der Waals surface area contributed by atoms with E-state index >= 15 is 0 Å². The Bertz CT molecular complexity index is 593. The fraction of sp³-hybridized carbons (Fsp3) is 0.467. The predicted molar refractivity (Wildman–Crippen MR) is 77.3 cm³/mol. The van der Waals surface area contributed by atoms with E-state index in [-0.39, 0.29) is 5.78 Å². The summed E-state index contributed by atoms with van der Waals surface area (Å²) in [5.41, 5.74) is 0.555. The summed E-state index contributed by atoms with van der Waals surface area (Å²) >= 11 is 0. The molecule has 0 bridgehead atoms. The number of carbonyl (C=O) groups is 2. The van der Waals surface area contributed by atoms with Crippen LogP contribution in [0.4, 0.5) is 10.5 Å². The summed E-state index contributed by atoms with van der Waals surface area (Å²) in [6.45, 7) is 1.70. The highest BCUT2D eigenvalue weighted by molar-refractivity contribution is 6.02. The lowest BCUT2D eigenvalue weighted by molar-refractivity contribution is 0.0187. The molecule has 1 amide bonds. The molecule has 21 heavy (non-hydrogen) atoms. The second kappa shape index (κ2) is 5.04. The molecule has 112 valence electrons. The van der Waals surface area contributed by atoms with E-state index in [1.165, 1.54) is 7.05 Å². The zero-order valence-electron chi connectivity index (χ0n) is 11.9. The molecule has 0 unspecified atom stereocenters. The third kappa shape index (κ3) is 2.47. The minimum atomic E-state index is -1.06. The number of carboxylic acid groups (broad SMARTS) is 1. The van der Waals surface area contributed by atoms with Crippen LogP contribution in [0.5, 0.6) is 5.75 Å². The number of benzene rings is 1. The number of fused-ring (bicyclic) bond motifs is 1. The molecule has 1 spiro atoms. The smallest absolute Gasteiger partial charge is 0.411 e. The molecule has 6 nitrogen and oxygen atoms in total. The molecule has 0 saturated carbocycles. The van der Waals surface area contributed by atoms with Crippen molar-refractivity contribution in [3.8, 4) is 5.75 Å². The van der Waals surface area contributed by atoms with Crippen LogP contribution >= 0.6 is 0 Å². The number of carbonyl (C=O) groups excluding carboxylic acids is 1. The van der Waals surface area contributed by atoms with Crippen molar-refractivity contribution in [2.75, 3.05) is 25.0 Å². The molecule has 6 heteroatoms. The number of amides is 1. The third-order valence-electron chi connectivity index (χ3n) is 4.26. The highest BCUT2D eigenvalue weighted by atomic mass is 16.5. The molecule has 2 heterocycles. The predicted octanol–water partition coefficient (Wildman–Crippen LogP) is 1.89. The maximum absolute atomic E-state index is 12.4. The van der Waals surface area contributed by atoms with Gasteiger partial charge in [-0.1, -0.05) is 0 Å². The molecule has 1 aromatic carbocycles. The van der Waals surface area contributed by atoms with E-state index in [9.17, 15) is 9.59 Å². The monoisotopic (exact) mass is 290 g/mol. The van der Waals surface area contributed by atoms with Gasteiger partial charge in [-0.25, -0.2) is 4.79 Å². The molecule has 0 atom stereocenters. The standard InChI is InChI=1S/C15H18N2O4/c1-17(14(19)20)10-2-3-13-11(8-10)12(18)9-15(21-13)4-6-16-7-5-15/h2-3,8,16H,4-7,9H2,1H3,(H,19,20). The Morgan fingerprint density at radius 1 is 1.38 bits per heavy atom. The quantitative estimate of drug-likeness (QED) is 0.825. The largest absolute Gasteiger partial charge is 0.486 e. The summed E-state index contributed by atoms with van der Waals surface area (Å²) in [7, 11) is 1.45. The maximum Gasteiger partial charge on any atom is 0.411 e. The number of nitrogens with zero attached hydrogens (tertiary/aromatic N) is 1. The lowest BCUT2D eigenvalue weighted by Crippen LogP contribution is -2.49. The van der Waals surface area contributed by atoms with Crippen molar-refractivity contribution >= 4 is 17.6 Å². The van der Waals surface area contributed by atoms with Crippen LogP contribution in [0, 0.1) is 0 Å². The third-order valence-corrected chi connectivity index (χ3v) is 4.26. The Labute approximate surface area is 122 Å². The van der Waals surface area contributed by atoms with Crippen LogP contribution in [0.1, 0.15) is 29.6 Å². The van der Waals surface area contributed by atoms with Gasteiger partial charge in [-0.05, 0) is 31.3 Å². The van der Waals surface area contributed by atoms with Gasteiger partial charge in [0.1, 0.15) is 11.4 Å². The lowest BCUT2D eigenvalue weighted by atomic mass is 9.83. The fourth-order valence-corrected chi connectivity index (χ4v) is 2.96. The van der Waals surface area contributed by atoms with Crippen LogP contribution in [0.3, 0.4) is 0 Å². The Balaban J connectivity index is 1.92. The van der Waals surface area contributed by atoms with Gasteiger partial charge >= 0.3 is 6.09 Å². The SMILES string of the molecule is CN(C(=O)O)c1ccc2c(c1)C(=O)CC1(CCNCC1)O2. The minimum absolute atomic E-state index is 0.0267. The van der Waals surface area contributed by atoms with Gasteiger partial charge in [0, 0.05) is 25.6 Å². The first kappa shape index (κ1) is 13.9. The zero-order chi connectivity index (χ0) is 15.0. The number of hydrogen-bond donors (Lipinski definition) is 2. The highest BCUT2D eigenvalue weighted by Crippen LogP contribution is 2.39. The van der Waals surface area contributed by atoms with Crippen LogP contribution in [-0.4, -0.2) is 42.7 Å². The summed E-state index contributed by atoms with van der Waals surface area (Å²) in [6, 6.07) is 4.96. The molecule has 1 aromatic rings. The van der Waals surface area contributed by atoms with Gasteiger partial charge < -0.3 is 15.2 Å². The van der Waals surface area contributed by atoms with Crippen molar-refractivity contribution in [2.24, 2.45) is 0 Å². The number of nitrogens with one attached hydrogen (secondary N) is 1. The van der Waals surface area contributed by atoms with E-state index in [2.05, 4.69) is 5.32 Å². The number of ether oxygens (including phenoxy) is 1. The van der Waals surface area contributed by atoms with E-state index in [4.69, 9.17) is 9.84 Å². The molecule has 0 radical (unpaired) electrons. The normalized spacial score (nSPS) is 19.8. The van der Waals surface area contributed by atoms with E-state index < -0.39 is 11.7 Å². The number of hydrogen-bond acceptors (Lipinski definition) is 4. The summed E-state index contributed by atoms with van der Waals surface area (Å²) in [6.07, 6.45) is 0.931. The Morgan fingerprint density at radius 3 is 2.76 bits per heavy atom. The number of Topliss-reactive ketones (excluding diaryl/α,β-unsaturated/α-hetero) is 1. The molecule has 3 rings (SSSR count). The molecular formula is C15H18N2O4. The number of rotatable bonds is 1. The highest BCUT2D eigenvalue weighted by Gasteiger charge is 2.41. The summed E-state index contributed by atoms with van der Waals surface area (Å²) in [5, 5.41) is 12.3. The van der Waals surface area contributed by atoms with Crippen LogP contribution in [0.25, 0.3) is 0 Å². The number of piperidine rings is 1. The molecule has 1 fully saturated rings. The van der Waals surface area contributed by atoms with Crippen molar-refractivity contribution in [1.82, 2.24) is 5.32 Å². The Kier molecular flexibility index (Phi) is 3.33. The summed E-state index contributed by atoms with van der Waals surface area (Å²) < 4.78 is 6.10. The van der Waals surface area contributed by atoms with Gasteiger partial charge in [-0.15, -0.1) is 0 Å². The molecule has 0 aromatic heterocycles. The van der Waals surface area contributed by atoms with E-state index in [0.29, 0.717) is 23.4 Å². The van der Waals surface area contributed by atoms with E-state index in [1.807, 2.05) is 0 Å². The molecule has 2 N–H and O–H groups in total. The zero-order valence-corrected chi connectivity index (χ0v) is 11.9. The first-order chi connectivity index (χ1) is 10.0. The second-order valence-electron chi connectivity index (χ2n) is 5.66. The van der Waals surface area contributed by atoms with Gasteiger partial charge in [-0.3, -0.25) is 9.69 Å². The number of ketones is 1. The molecule has 2 aliphatic heterocycles. The van der Waals surface area contributed by atoms with Crippen LogP contribution in [0.2, 0.25) is 0 Å². The van der Waals surface area contributed by atoms with Crippen LogP contribution in [-0.2, 0) is 0 Å². The first-order valence-corrected chi connectivity index (χ1v) is 7.04. The molecule has 2 aliphatic rings. The van der Waals surface area contributed by atoms with Gasteiger partial charge in [0.15, 0.2) is 5.78 Å². The fourth-order valence-electron chi connectivity index (χ4n) is 2.96. The average molecular weight is 290 g/mol. The van der Waals surface area contributed by atoms with Crippen molar-refractivity contribution in [3.05, 3.63) is 23.8 Å². The van der Waals surface area contributed by atoms with E-state index in [1.54, 1.807) is 18.2 Å². The summed E-state index contributed by atoms with van der Waals surface area (Å²) in [5.74, 6) is 0.592. The van der Waals surface area contributed by atoms with E-state index in [0.717, 1.165) is 30.8 Å². The second-order valence-corrected chi connectivity index (χ2v) is 5.66. The Hall–Kier alpha value is -2.08. The van der Waals surface area contributed by atoms with Gasteiger partial charge in [0.05, 0.1) is 12.0 Å². The van der Waals surface area contributed by atoms with Crippen molar-refractivity contribution in [3.63, 3.8) is 0 Å². The van der Waals surface area contributed by atoms with Crippen LogP contribution < -0.4 is 15.0 Å². The molecule has 0 aliphatic carbocycles. The molecular weight excluding hydrogens is 272 g/mol. The van der Waals surface area contributed by atoms with Gasteiger partial charge in [0.2, 0.25) is 0 Å². The van der Waals surface area contributed by atoms with Crippen LogP contribution in [0.15, 0.2) is 18.2 Å².